The molecule has 0 spiro atoms. The van der Waals surface area contributed by atoms with Crippen LogP contribution in [0.3, 0.4) is 0 Å². The molecule has 1 fully saturated rings. The SMILES string of the molecule is Cc1noc(C)c1-c1cnc2[nH]cc(C=C3CCS(=O)(=O)CC3)c2c1. The van der Waals surface area contributed by atoms with Gasteiger partial charge in [0.05, 0.1) is 17.2 Å². The fourth-order valence-corrected chi connectivity index (χ4v) is 4.69. The standard InChI is InChI=1S/C18H19N3O3S/c1-11-17(12(2)24-21-11)15-8-16-14(9-19-18(16)20-10-15)7-13-3-5-25(22,23)6-4-13/h7-10H,3-6H2,1-2H3,(H,19,20). The first kappa shape index (κ1) is 16.1. The number of pyridine rings is 1. The van der Waals surface area contributed by atoms with Crippen molar-refractivity contribution in [3.8, 4) is 11.1 Å². The molecule has 0 amide bonds. The molecule has 0 aromatic carbocycles. The Kier molecular flexibility index (Phi) is 3.76. The molecule has 0 bridgehead atoms. The van der Waals surface area contributed by atoms with E-state index in [0.717, 1.165) is 39.2 Å². The van der Waals surface area contributed by atoms with Crippen molar-refractivity contribution in [2.75, 3.05) is 11.5 Å². The molecule has 3 aromatic heterocycles. The molecule has 1 N–H and O–H groups in total. The lowest BCUT2D eigenvalue weighted by Crippen LogP contribution is -2.17. The van der Waals surface area contributed by atoms with Crippen LogP contribution in [0.5, 0.6) is 0 Å². The van der Waals surface area contributed by atoms with E-state index in [9.17, 15) is 8.42 Å². The van der Waals surface area contributed by atoms with Gasteiger partial charge in [-0.15, -0.1) is 0 Å². The highest BCUT2D eigenvalue weighted by molar-refractivity contribution is 7.91. The third-order valence-electron chi connectivity index (χ3n) is 4.71. The summed E-state index contributed by atoms with van der Waals surface area (Å²) in [6.45, 7) is 3.81. The number of hydrogen-bond donors (Lipinski definition) is 1. The number of aryl methyl sites for hydroxylation is 2. The Bertz CT molecular complexity index is 1050. The predicted molar refractivity (Wildman–Crippen MR) is 96.9 cm³/mol. The van der Waals surface area contributed by atoms with E-state index in [1.807, 2.05) is 26.2 Å². The Labute approximate surface area is 145 Å². The molecule has 0 saturated carbocycles. The van der Waals surface area contributed by atoms with E-state index in [1.54, 1.807) is 0 Å². The Morgan fingerprint density at radius 3 is 2.68 bits per heavy atom. The molecule has 0 aliphatic carbocycles. The summed E-state index contributed by atoms with van der Waals surface area (Å²) in [5.41, 5.74) is 5.79. The molecule has 6 nitrogen and oxygen atoms in total. The molecule has 130 valence electrons. The lowest BCUT2D eigenvalue weighted by Gasteiger charge is -2.14. The number of sulfone groups is 1. The summed E-state index contributed by atoms with van der Waals surface area (Å²) in [7, 11) is -2.86. The first-order valence-corrected chi connectivity index (χ1v) is 10.1. The van der Waals surface area contributed by atoms with Crippen molar-refractivity contribution in [2.45, 2.75) is 26.7 Å². The Balaban J connectivity index is 1.75. The number of aromatic nitrogens is 3. The maximum absolute atomic E-state index is 11.6. The van der Waals surface area contributed by atoms with Gasteiger partial charge in [-0.05, 0) is 32.8 Å². The average molecular weight is 357 g/mol. The van der Waals surface area contributed by atoms with Crippen LogP contribution >= 0.6 is 0 Å². The minimum Gasteiger partial charge on any atom is -0.361 e. The maximum Gasteiger partial charge on any atom is 0.150 e. The second-order valence-corrected chi connectivity index (χ2v) is 8.82. The van der Waals surface area contributed by atoms with Crippen LogP contribution in [0.1, 0.15) is 29.9 Å². The maximum atomic E-state index is 11.6. The molecule has 0 atom stereocenters. The quantitative estimate of drug-likeness (QED) is 0.759. The van der Waals surface area contributed by atoms with Gasteiger partial charge in [0.1, 0.15) is 11.4 Å². The van der Waals surface area contributed by atoms with Crippen LogP contribution < -0.4 is 0 Å². The van der Waals surface area contributed by atoms with Gasteiger partial charge in [-0.2, -0.15) is 0 Å². The van der Waals surface area contributed by atoms with E-state index in [1.165, 1.54) is 5.57 Å². The highest BCUT2D eigenvalue weighted by Gasteiger charge is 2.19. The topological polar surface area (TPSA) is 88.8 Å². The van der Waals surface area contributed by atoms with Crippen LogP contribution in [-0.4, -0.2) is 35.0 Å². The van der Waals surface area contributed by atoms with Crippen molar-refractivity contribution in [3.63, 3.8) is 0 Å². The molecule has 25 heavy (non-hydrogen) atoms. The van der Waals surface area contributed by atoms with E-state index >= 15 is 0 Å². The molecular weight excluding hydrogens is 338 g/mol. The number of hydrogen-bond acceptors (Lipinski definition) is 5. The summed E-state index contributed by atoms with van der Waals surface area (Å²) in [6.07, 6.45) is 7.03. The first-order chi connectivity index (χ1) is 11.9. The number of nitrogens with one attached hydrogen (secondary N) is 1. The molecule has 4 heterocycles. The van der Waals surface area contributed by atoms with Crippen LogP contribution in [0.2, 0.25) is 0 Å². The highest BCUT2D eigenvalue weighted by Crippen LogP contribution is 2.31. The van der Waals surface area contributed by atoms with Crippen LogP contribution in [-0.2, 0) is 9.84 Å². The van der Waals surface area contributed by atoms with Crippen LogP contribution in [0, 0.1) is 13.8 Å². The molecule has 1 aliphatic rings. The fraction of sp³-hybridized carbons (Fsp3) is 0.333. The van der Waals surface area contributed by atoms with Gasteiger partial charge in [-0.25, -0.2) is 13.4 Å². The van der Waals surface area contributed by atoms with Crippen molar-refractivity contribution < 1.29 is 12.9 Å². The average Bonchev–Trinajstić information content (AvgIpc) is 3.12. The number of allylic oxidation sites excluding steroid dienone is 1. The molecule has 1 saturated heterocycles. The molecule has 1 aliphatic heterocycles. The summed E-state index contributed by atoms with van der Waals surface area (Å²) < 4.78 is 28.4. The van der Waals surface area contributed by atoms with Gasteiger partial charge < -0.3 is 9.51 Å². The van der Waals surface area contributed by atoms with Crippen molar-refractivity contribution in [3.05, 3.63) is 41.1 Å². The van der Waals surface area contributed by atoms with Crippen LogP contribution in [0.4, 0.5) is 0 Å². The van der Waals surface area contributed by atoms with E-state index in [4.69, 9.17) is 4.52 Å². The van der Waals surface area contributed by atoms with Crippen LogP contribution in [0.25, 0.3) is 28.2 Å². The van der Waals surface area contributed by atoms with Gasteiger partial charge in [0, 0.05) is 34.5 Å². The first-order valence-electron chi connectivity index (χ1n) is 8.23. The number of aromatic amines is 1. The predicted octanol–water partition coefficient (Wildman–Crippen LogP) is 3.43. The van der Waals surface area contributed by atoms with Crippen molar-refractivity contribution in [2.24, 2.45) is 0 Å². The van der Waals surface area contributed by atoms with Crippen LogP contribution in [0.15, 0.2) is 28.6 Å². The minimum atomic E-state index is -2.86. The summed E-state index contributed by atoms with van der Waals surface area (Å²) >= 11 is 0. The van der Waals surface area contributed by atoms with Gasteiger partial charge in [0.25, 0.3) is 0 Å². The Hall–Kier alpha value is -2.41. The normalized spacial score (nSPS) is 17.1. The monoisotopic (exact) mass is 357 g/mol. The van der Waals surface area contributed by atoms with Crippen molar-refractivity contribution in [1.82, 2.24) is 15.1 Å². The second-order valence-electron chi connectivity index (χ2n) is 6.52. The third-order valence-corrected chi connectivity index (χ3v) is 6.37. The molecule has 4 rings (SSSR count). The smallest absolute Gasteiger partial charge is 0.150 e. The summed E-state index contributed by atoms with van der Waals surface area (Å²) in [5, 5.41) is 5.02. The third kappa shape index (κ3) is 3.00. The van der Waals surface area contributed by atoms with Gasteiger partial charge in [-0.3, -0.25) is 0 Å². The Morgan fingerprint density at radius 2 is 2.00 bits per heavy atom. The van der Waals surface area contributed by atoms with Gasteiger partial charge in [0.2, 0.25) is 0 Å². The summed E-state index contributed by atoms with van der Waals surface area (Å²) in [4.78, 5) is 7.69. The zero-order valence-corrected chi connectivity index (χ0v) is 15.0. The lowest BCUT2D eigenvalue weighted by atomic mass is 10.0. The largest absolute Gasteiger partial charge is 0.361 e. The molecular formula is C18H19N3O3S. The highest BCUT2D eigenvalue weighted by atomic mass is 32.2. The zero-order valence-electron chi connectivity index (χ0n) is 14.2. The lowest BCUT2D eigenvalue weighted by molar-refractivity contribution is 0.393. The summed E-state index contributed by atoms with van der Waals surface area (Å²) in [6, 6.07) is 2.08. The molecule has 3 aromatic rings. The molecule has 0 unspecified atom stereocenters. The minimum absolute atomic E-state index is 0.240. The van der Waals surface area contributed by atoms with Gasteiger partial charge in [-0.1, -0.05) is 16.8 Å². The number of nitrogens with zero attached hydrogens (tertiary/aromatic N) is 2. The fourth-order valence-electron chi connectivity index (χ4n) is 3.34. The summed E-state index contributed by atoms with van der Waals surface area (Å²) in [5.74, 6) is 1.25. The molecule has 7 heteroatoms. The molecule has 0 radical (unpaired) electrons. The van der Waals surface area contributed by atoms with E-state index in [-0.39, 0.29) is 11.5 Å². The number of fused-ring (bicyclic) bond motifs is 1. The Morgan fingerprint density at radius 1 is 1.24 bits per heavy atom. The number of rotatable bonds is 2. The van der Waals surface area contributed by atoms with Crippen molar-refractivity contribution >= 4 is 26.9 Å². The number of H-pyrrole nitrogens is 1. The second kappa shape index (κ2) is 5.84. The zero-order chi connectivity index (χ0) is 17.6. The van der Waals surface area contributed by atoms with E-state index in [0.29, 0.717) is 12.8 Å². The van der Waals surface area contributed by atoms with E-state index < -0.39 is 9.84 Å². The van der Waals surface area contributed by atoms with Gasteiger partial charge in [0.15, 0.2) is 9.84 Å². The van der Waals surface area contributed by atoms with Gasteiger partial charge >= 0.3 is 0 Å². The van der Waals surface area contributed by atoms with E-state index in [2.05, 4.69) is 27.3 Å². The van der Waals surface area contributed by atoms with Crippen molar-refractivity contribution in [1.29, 1.82) is 0 Å².